The van der Waals surface area contributed by atoms with Gasteiger partial charge in [0, 0.05) is 32.1 Å². The first-order chi connectivity index (χ1) is 19.5. The zero-order valence-corrected chi connectivity index (χ0v) is 22.5. The van der Waals surface area contributed by atoms with Crippen molar-refractivity contribution in [1.29, 1.82) is 5.26 Å². The number of amides is 1. The quantitative estimate of drug-likeness (QED) is 0.376. The molecule has 2 aliphatic rings. The van der Waals surface area contributed by atoms with Crippen LogP contribution in [0.3, 0.4) is 0 Å². The molecular formula is C29H32N8O3. The van der Waals surface area contributed by atoms with Crippen LogP contribution >= 0.6 is 0 Å². The van der Waals surface area contributed by atoms with E-state index in [1.807, 2.05) is 23.2 Å². The van der Waals surface area contributed by atoms with Crippen molar-refractivity contribution < 1.29 is 14.6 Å². The Kier molecular flexibility index (Phi) is 7.09. The molecule has 0 unspecified atom stereocenters. The molecule has 0 spiro atoms. The summed E-state index contributed by atoms with van der Waals surface area (Å²) in [6.07, 6.45) is 3.73. The van der Waals surface area contributed by atoms with Gasteiger partial charge in [-0.1, -0.05) is 42.5 Å². The number of likely N-dealkylation sites (N-methyl/N-ethyl adjacent to an activating group) is 1. The van der Waals surface area contributed by atoms with E-state index in [1.165, 1.54) is 21.2 Å². The van der Waals surface area contributed by atoms with Crippen LogP contribution in [0.5, 0.6) is 6.01 Å². The molecule has 2 aromatic carbocycles. The number of piperazine rings is 1. The molecule has 2 atom stereocenters. The number of anilines is 1. The number of nitrogens with zero attached hydrogens (tertiary/aromatic N) is 8. The standard InChI is InChI=1S/C29H32N8O3/c1-34-13-5-9-23(34)19-40-28-32-27(35-14-15-36(29(38)39)22(18-35)11-12-30)26-31-17-24(37(26)33-28)16-21-8-4-7-20-6-2-3-10-25(20)21/h2-4,6-8,10,17,22-23H,5,9,11,13-16,18-19H2,1H3,(H,38,39)/t22-,23-/m0/s1. The number of benzene rings is 2. The maximum atomic E-state index is 11.8. The van der Waals surface area contributed by atoms with Crippen LogP contribution in [-0.2, 0) is 6.42 Å². The zero-order chi connectivity index (χ0) is 27.6. The van der Waals surface area contributed by atoms with Crippen LogP contribution < -0.4 is 9.64 Å². The highest BCUT2D eigenvalue weighted by molar-refractivity contribution is 5.86. The number of hydrogen-bond acceptors (Lipinski definition) is 8. The van der Waals surface area contributed by atoms with Gasteiger partial charge >= 0.3 is 12.1 Å². The maximum absolute atomic E-state index is 11.8. The van der Waals surface area contributed by atoms with E-state index in [4.69, 9.17) is 19.8 Å². The largest absolute Gasteiger partial charge is 0.465 e. The van der Waals surface area contributed by atoms with Crippen molar-refractivity contribution in [3.63, 3.8) is 0 Å². The van der Waals surface area contributed by atoms with Gasteiger partial charge in [-0.25, -0.2) is 14.3 Å². The van der Waals surface area contributed by atoms with Gasteiger partial charge in [-0.15, -0.1) is 5.10 Å². The summed E-state index contributed by atoms with van der Waals surface area (Å²) in [4.78, 5) is 26.9. The van der Waals surface area contributed by atoms with E-state index in [2.05, 4.69) is 48.3 Å². The Morgan fingerprint density at radius 3 is 2.80 bits per heavy atom. The second kappa shape index (κ2) is 11.0. The average Bonchev–Trinajstić information content (AvgIpc) is 3.57. The first kappa shape index (κ1) is 25.8. The molecule has 1 N–H and O–H groups in total. The number of likely N-dealkylation sites (tertiary alicyclic amines) is 1. The molecule has 11 nitrogen and oxygen atoms in total. The number of ether oxygens (including phenoxy) is 1. The fourth-order valence-electron chi connectivity index (χ4n) is 5.87. The van der Waals surface area contributed by atoms with Crippen LogP contribution in [0.1, 0.15) is 30.5 Å². The Balaban J connectivity index is 1.37. The first-order valence-electron chi connectivity index (χ1n) is 13.7. The molecular weight excluding hydrogens is 508 g/mol. The van der Waals surface area contributed by atoms with Crippen LogP contribution in [0.15, 0.2) is 48.7 Å². The Morgan fingerprint density at radius 2 is 2.00 bits per heavy atom. The molecule has 0 aliphatic carbocycles. The van der Waals surface area contributed by atoms with Gasteiger partial charge in [0.05, 0.1) is 30.4 Å². The highest BCUT2D eigenvalue weighted by Crippen LogP contribution is 2.28. The Bertz CT molecular complexity index is 1580. The molecule has 0 radical (unpaired) electrons. The number of imidazole rings is 1. The Morgan fingerprint density at radius 1 is 1.15 bits per heavy atom. The van der Waals surface area contributed by atoms with Crippen LogP contribution in [0.25, 0.3) is 16.4 Å². The van der Waals surface area contributed by atoms with Crippen molar-refractivity contribution in [3.8, 4) is 12.1 Å². The van der Waals surface area contributed by atoms with Crippen LogP contribution in [-0.4, -0.2) is 92.5 Å². The SMILES string of the molecule is CN1CCC[C@H]1COc1nc(N2CCN(C(=O)O)[C@@H](CC#N)C2)c2ncc(Cc3cccc4ccccc34)n2n1. The third-order valence-corrected chi connectivity index (χ3v) is 8.08. The maximum Gasteiger partial charge on any atom is 0.407 e. The molecule has 2 fully saturated rings. The van der Waals surface area contributed by atoms with Crippen molar-refractivity contribution >= 4 is 28.3 Å². The van der Waals surface area contributed by atoms with Crippen molar-refractivity contribution in [1.82, 2.24) is 29.4 Å². The number of fused-ring (bicyclic) bond motifs is 2. The van der Waals surface area contributed by atoms with Gasteiger partial charge in [0.25, 0.3) is 0 Å². The smallest absolute Gasteiger partial charge is 0.407 e. The lowest BCUT2D eigenvalue weighted by molar-refractivity contribution is 0.119. The van der Waals surface area contributed by atoms with E-state index in [9.17, 15) is 15.2 Å². The second-order valence-electron chi connectivity index (χ2n) is 10.5. The van der Waals surface area contributed by atoms with E-state index in [1.54, 1.807) is 4.52 Å². The molecule has 40 heavy (non-hydrogen) atoms. The second-order valence-corrected chi connectivity index (χ2v) is 10.5. The third kappa shape index (κ3) is 4.98. The number of carboxylic acid groups (broad SMARTS) is 1. The normalized spacial score (nSPS) is 19.8. The predicted molar refractivity (Wildman–Crippen MR) is 150 cm³/mol. The van der Waals surface area contributed by atoms with Gasteiger partial charge in [0.1, 0.15) is 6.61 Å². The summed E-state index contributed by atoms with van der Waals surface area (Å²) < 4.78 is 7.99. The van der Waals surface area contributed by atoms with E-state index in [0.29, 0.717) is 43.6 Å². The monoisotopic (exact) mass is 540 g/mol. The van der Waals surface area contributed by atoms with Gasteiger partial charge in [-0.2, -0.15) is 10.2 Å². The van der Waals surface area contributed by atoms with Crippen molar-refractivity contribution in [3.05, 3.63) is 59.9 Å². The molecule has 6 rings (SSSR count). The van der Waals surface area contributed by atoms with Gasteiger partial charge in [0.2, 0.25) is 0 Å². The predicted octanol–water partition coefficient (Wildman–Crippen LogP) is 3.42. The van der Waals surface area contributed by atoms with Crippen LogP contribution in [0.2, 0.25) is 0 Å². The van der Waals surface area contributed by atoms with Crippen LogP contribution in [0, 0.1) is 11.3 Å². The summed E-state index contributed by atoms with van der Waals surface area (Å²) in [7, 11) is 2.10. The summed E-state index contributed by atoms with van der Waals surface area (Å²) in [5, 5.41) is 26.1. The summed E-state index contributed by atoms with van der Waals surface area (Å²) in [6, 6.07) is 16.8. The summed E-state index contributed by atoms with van der Waals surface area (Å²) in [5.74, 6) is 0.585. The minimum atomic E-state index is -1.02. The summed E-state index contributed by atoms with van der Waals surface area (Å²) in [6.45, 7) is 2.56. The molecule has 11 heteroatoms. The molecule has 2 aromatic heterocycles. The van der Waals surface area contributed by atoms with E-state index in [0.717, 1.165) is 25.1 Å². The van der Waals surface area contributed by atoms with Crippen molar-refractivity contribution in [2.75, 3.05) is 44.7 Å². The molecule has 1 amide bonds. The average molecular weight is 541 g/mol. The fraction of sp³-hybridized carbons (Fsp3) is 0.414. The van der Waals surface area contributed by atoms with E-state index >= 15 is 0 Å². The zero-order valence-electron chi connectivity index (χ0n) is 22.5. The summed E-state index contributed by atoms with van der Waals surface area (Å²) >= 11 is 0. The molecule has 0 bridgehead atoms. The molecule has 4 aromatic rings. The molecule has 206 valence electrons. The van der Waals surface area contributed by atoms with Crippen molar-refractivity contribution in [2.24, 2.45) is 0 Å². The molecule has 4 heterocycles. The van der Waals surface area contributed by atoms with Crippen molar-refractivity contribution in [2.45, 2.75) is 37.8 Å². The number of aromatic nitrogens is 4. The molecule has 2 saturated heterocycles. The molecule has 0 saturated carbocycles. The first-order valence-corrected chi connectivity index (χ1v) is 13.7. The van der Waals surface area contributed by atoms with Gasteiger partial charge in [-0.05, 0) is 42.8 Å². The minimum Gasteiger partial charge on any atom is -0.465 e. The lowest BCUT2D eigenvalue weighted by atomic mass is 10.0. The fourth-order valence-corrected chi connectivity index (χ4v) is 5.87. The topological polar surface area (TPSA) is 123 Å². The minimum absolute atomic E-state index is 0.0995. The van der Waals surface area contributed by atoms with Crippen LogP contribution in [0.4, 0.5) is 10.6 Å². The molecule has 2 aliphatic heterocycles. The van der Waals surface area contributed by atoms with E-state index in [-0.39, 0.29) is 19.0 Å². The Labute approximate surface area is 232 Å². The number of carbonyl (C=O) groups is 1. The number of rotatable bonds is 7. The van der Waals surface area contributed by atoms with Gasteiger partial charge in [0.15, 0.2) is 11.5 Å². The van der Waals surface area contributed by atoms with E-state index < -0.39 is 12.1 Å². The third-order valence-electron chi connectivity index (χ3n) is 8.08. The summed E-state index contributed by atoms with van der Waals surface area (Å²) in [5.41, 5.74) is 2.65. The highest BCUT2D eigenvalue weighted by Gasteiger charge is 2.33. The number of nitriles is 1. The van der Waals surface area contributed by atoms with Gasteiger partial charge < -0.3 is 24.5 Å². The lowest BCUT2D eigenvalue weighted by Gasteiger charge is -2.39. The number of hydrogen-bond donors (Lipinski definition) is 1. The lowest BCUT2D eigenvalue weighted by Crippen LogP contribution is -2.55. The highest BCUT2D eigenvalue weighted by atomic mass is 16.5. The Hall–Kier alpha value is -4.43. The van der Waals surface area contributed by atoms with Gasteiger partial charge in [-0.3, -0.25) is 0 Å².